The van der Waals surface area contributed by atoms with E-state index in [4.69, 9.17) is 11.0 Å². The van der Waals surface area contributed by atoms with Crippen LogP contribution in [-0.2, 0) is 0 Å². The lowest BCUT2D eigenvalue weighted by Gasteiger charge is -2.17. The van der Waals surface area contributed by atoms with E-state index in [0.717, 1.165) is 30.9 Å². The molecule has 1 aromatic rings. The molecule has 1 fully saturated rings. The Hall–Kier alpha value is -1.60. The molecule has 2 N–H and O–H groups in total. The Balaban J connectivity index is 2.26. The lowest BCUT2D eigenvalue weighted by molar-refractivity contribution is 0.752. The summed E-state index contributed by atoms with van der Waals surface area (Å²) in [6.07, 6.45) is 2.82. The Morgan fingerprint density at radius 2 is 2.47 bits per heavy atom. The summed E-state index contributed by atoms with van der Waals surface area (Å²) in [4.78, 5) is 6.39. The maximum atomic E-state index is 8.90. The van der Waals surface area contributed by atoms with E-state index in [2.05, 4.69) is 16.0 Å². The predicted molar refractivity (Wildman–Crippen MR) is 58.5 cm³/mol. The molecule has 1 saturated heterocycles. The minimum absolute atomic E-state index is 0.247. The lowest BCUT2D eigenvalue weighted by Crippen LogP contribution is -2.26. The van der Waals surface area contributed by atoms with Crippen LogP contribution in [0.1, 0.15) is 17.7 Å². The summed E-state index contributed by atoms with van der Waals surface area (Å²) in [5, 5.41) is 8.90. The fraction of sp³-hybridized carbons (Fsp3) is 0.455. The van der Waals surface area contributed by atoms with Gasteiger partial charge in [0.15, 0.2) is 0 Å². The Bertz CT molecular complexity index is 408. The zero-order valence-electron chi connectivity index (χ0n) is 8.77. The second-order valence-corrected chi connectivity index (χ2v) is 3.93. The van der Waals surface area contributed by atoms with E-state index >= 15 is 0 Å². The minimum atomic E-state index is 0.247. The number of nitriles is 1. The largest absolute Gasteiger partial charge is 0.369 e. The molecule has 78 valence electrons. The SMILES string of the molecule is Cc1ncc(N2CC[C@@H](N)C2)cc1C#N. The average Bonchev–Trinajstić information content (AvgIpc) is 2.66. The number of anilines is 1. The van der Waals surface area contributed by atoms with Crippen molar-refractivity contribution in [2.45, 2.75) is 19.4 Å². The van der Waals surface area contributed by atoms with E-state index in [0.29, 0.717) is 5.56 Å². The van der Waals surface area contributed by atoms with Crippen LogP contribution in [0.5, 0.6) is 0 Å². The highest BCUT2D eigenvalue weighted by atomic mass is 15.2. The highest BCUT2D eigenvalue weighted by Gasteiger charge is 2.19. The van der Waals surface area contributed by atoms with E-state index in [9.17, 15) is 0 Å². The van der Waals surface area contributed by atoms with Gasteiger partial charge in [-0.1, -0.05) is 0 Å². The second kappa shape index (κ2) is 3.87. The Morgan fingerprint density at radius 3 is 3.07 bits per heavy atom. The van der Waals surface area contributed by atoms with Crippen molar-refractivity contribution >= 4 is 5.69 Å². The van der Waals surface area contributed by atoms with Gasteiger partial charge in [0.05, 0.1) is 23.1 Å². The van der Waals surface area contributed by atoms with Crippen molar-refractivity contribution in [1.29, 1.82) is 5.26 Å². The maximum Gasteiger partial charge on any atom is 0.101 e. The standard InChI is InChI=1S/C11H14N4/c1-8-9(5-12)4-11(6-14-8)15-3-2-10(13)7-15/h4,6,10H,2-3,7,13H2,1H3/t10-/m1/s1. The Morgan fingerprint density at radius 1 is 1.67 bits per heavy atom. The van der Waals surface area contributed by atoms with Crippen molar-refractivity contribution in [2.24, 2.45) is 5.73 Å². The van der Waals surface area contributed by atoms with Gasteiger partial charge >= 0.3 is 0 Å². The van der Waals surface area contributed by atoms with Gasteiger partial charge < -0.3 is 10.6 Å². The second-order valence-electron chi connectivity index (χ2n) is 3.93. The first-order chi connectivity index (χ1) is 7.20. The summed E-state index contributed by atoms with van der Waals surface area (Å²) < 4.78 is 0. The fourth-order valence-corrected chi connectivity index (χ4v) is 1.83. The maximum absolute atomic E-state index is 8.90. The van der Waals surface area contributed by atoms with Crippen LogP contribution >= 0.6 is 0 Å². The van der Waals surface area contributed by atoms with Gasteiger partial charge in [0.2, 0.25) is 0 Å². The van der Waals surface area contributed by atoms with Crippen LogP contribution < -0.4 is 10.6 Å². The molecule has 0 aliphatic carbocycles. The Kier molecular flexibility index (Phi) is 2.57. The first kappa shape index (κ1) is 9.94. The molecule has 0 aromatic carbocycles. The number of hydrogen-bond acceptors (Lipinski definition) is 4. The smallest absolute Gasteiger partial charge is 0.101 e. The molecule has 1 atom stereocenters. The van der Waals surface area contributed by atoms with E-state index in [1.165, 1.54) is 0 Å². The normalized spacial score (nSPS) is 20.3. The van der Waals surface area contributed by atoms with Gasteiger partial charge in [-0.15, -0.1) is 0 Å². The summed E-state index contributed by atoms with van der Waals surface area (Å²) in [5.74, 6) is 0. The number of rotatable bonds is 1. The summed E-state index contributed by atoms with van der Waals surface area (Å²) in [7, 11) is 0. The first-order valence-corrected chi connectivity index (χ1v) is 5.08. The van der Waals surface area contributed by atoms with E-state index in [1.54, 1.807) is 0 Å². The zero-order valence-corrected chi connectivity index (χ0v) is 8.77. The van der Waals surface area contributed by atoms with Crippen molar-refractivity contribution in [3.8, 4) is 6.07 Å². The molecule has 2 heterocycles. The molecule has 0 unspecified atom stereocenters. The number of pyridine rings is 1. The summed E-state index contributed by atoms with van der Waals surface area (Å²) in [6, 6.07) is 4.29. The number of nitrogens with two attached hydrogens (primary N) is 1. The molecule has 1 aromatic heterocycles. The van der Waals surface area contributed by atoms with Gasteiger partial charge in [-0.2, -0.15) is 5.26 Å². The average molecular weight is 202 g/mol. The summed E-state index contributed by atoms with van der Waals surface area (Å²) >= 11 is 0. The third-order valence-electron chi connectivity index (χ3n) is 2.78. The fourth-order valence-electron chi connectivity index (χ4n) is 1.83. The third-order valence-corrected chi connectivity index (χ3v) is 2.78. The molecule has 0 radical (unpaired) electrons. The van der Waals surface area contributed by atoms with E-state index < -0.39 is 0 Å². The molecular weight excluding hydrogens is 188 g/mol. The Labute approximate surface area is 89.3 Å². The van der Waals surface area contributed by atoms with Crippen LogP contribution in [0.25, 0.3) is 0 Å². The van der Waals surface area contributed by atoms with E-state index in [1.807, 2.05) is 19.2 Å². The number of hydrogen-bond donors (Lipinski definition) is 1. The van der Waals surface area contributed by atoms with Gasteiger partial charge in [0.1, 0.15) is 6.07 Å². The number of aromatic nitrogens is 1. The van der Waals surface area contributed by atoms with Gasteiger partial charge in [0, 0.05) is 19.1 Å². The van der Waals surface area contributed by atoms with Crippen molar-refractivity contribution in [3.63, 3.8) is 0 Å². The zero-order chi connectivity index (χ0) is 10.8. The summed E-state index contributed by atoms with van der Waals surface area (Å²) in [6.45, 7) is 3.66. The van der Waals surface area contributed by atoms with Crippen LogP contribution in [0.15, 0.2) is 12.3 Å². The molecule has 1 aliphatic rings. The number of aryl methyl sites for hydroxylation is 1. The number of nitrogens with zero attached hydrogens (tertiary/aromatic N) is 3. The van der Waals surface area contributed by atoms with Crippen molar-refractivity contribution in [1.82, 2.24) is 4.98 Å². The monoisotopic (exact) mass is 202 g/mol. The van der Waals surface area contributed by atoms with Crippen molar-refractivity contribution in [2.75, 3.05) is 18.0 Å². The molecule has 1 aliphatic heterocycles. The molecule has 4 heteroatoms. The van der Waals surface area contributed by atoms with Crippen molar-refractivity contribution in [3.05, 3.63) is 23.5 Å². The first-order valence-electron chi connectivity index (χ1n) is 5.08. The van der Waals surface area contributed by atoms with Gasteiger partial charge in [0.25, 0.3) is 0 Å². The van der Waals surface area contributed by atoms with E-state index in [-0.39, 0.29) is 6.04 Å². The van der Waals surface area contributed by atoms with Crippen LogP contribution in [0, 0.1) is 18.3 Å². The molecule has 2 rings (SSSR count). The topological polar surface area (TPSA) is 65.9 Å². The minimum Gasteiger partial charge on any atom is -0.369 e. The predicted octanol–water partition coefficient (Wildman–Crippen LogP) is 0.799. The van der Waals surface area contributed by atoms with Crippen LogP contribution in [0.2, 0.25) is 0 Å². The molecule has 0 saturated carbocycles. The third kappa shape index (κ3) is 1.92. The van der Waals surface area contributed by atoms with Crippen molar-refractivity contribution < 1.29 is 0 Å². The lowest BCUT2D eigenvalue weighted by atomic mass is 10.2. The summed E-state index contributed by atoms with van der Waals surface area (Å²) in [5.41, 5.74) is 8.27. The molecule has 0 amide bonds. The van der Waals surface area contributed by atoms with Gasteiger partial charge in [-0.25, -0.2) is 0 Å². The van der Waals surface area contributed by atoms with Crippen LogP contribution in [0.4, 0.5) is 5.69 Å². The highest BCUT2D eigenvalue weighted by Crippen LogP contribution is 2.20. The molecule has 0 bridgehead atoms. The molecule has 15 heavy (non-hydrogen) atoms. The van der Waals surface area contributed by atoms with Gasteiger partial charge in [-0.05, 0) is 19.4 Å². The van der Waals surface area contributed by atoms with Gasteiger partial charge in [-0.3, -0.25) is 4.98 Å². The molecule has 0 spiro atoms. The molecule has 4 nitrogen and oxygen atoms in total. The highest BCUT2D eigenvalue weighted by molar-refractivity contribution is 5.51. The quantitative estimate of drug-likeness (QED) is 0.731. The molecular formula is C11H14N4. The van der Waals surface area contributed by atoms with Crippen LogP contribution in [0.3, 0.4) is 0 Å². The van der Waals surface area contributed by atoms with Crippen LogP contribution in [-0.4, -0.2) is 24.1 Å².